The highest BCUT2D eigenvalue weighted by atomic mass is 16.5. The normalized spacial score (nSPS) is 19.2. The molecule has 0 spiro atoms. The largest absolute Gasteiger partial charge is 0.497 e. The SMILES string of the molecule is COc1ccc(N2C(=O)CCC(C(=O)N3CCn4c3nc3ccccc34)C2c2ccccc2OC)cc1. The van der Waals surface area contributed by atoms with E-state index in [2.05, 4.69) is 4.57 Å². The Hall–Kier alpha value is -4.33. The molecule has 0 saturated carbocycles. The van der Waals surface area contributed by atoms with E-state index in [0.29, 0.717) is 42.6 Å². The van der Waals surface area contributed by atoms with Crippen LogP contribution in [-0.4, -0.2) is 42.1 Å². The number of ether oxygens (including phenoxy) is 2. The van der Waals surface area contributed by atoms with Crippen LogP contribution in [0.1, 0.15) is 24.4 Å². The molecule has 6 rings (SSSR count). The Balaban J connectivity index is 1.44. The van der Waals surface area contributed by atoms with Crippen LogP contribution in [0.3, 0.4) is 0 Å². The van der Waals surface area contributed by atoms with Crippen molar-refractivity contribution >= 4 is 34.5 Å². The predicted octanol–water partition coefficient (Wildman–Crippen LogP) is 4.58. The number of carbonyl (C=O) groups is 2. The van der Waals surface area contributed by atoms with Gasteiger partial charge in [-0.2, -0.15) is 0 Å². The first-order valence-corrected chi connectivity index (χ1v) is 12.5. The summed E-state index contributed by atoms with van der Waals surface area (Å²) in [4.78, 5) is 36.1. The third-order valence-electron chi connectivity index (χ3n) is 7.41. The van der Waals surface area contributed by atoms with Crippen LogP contribution in [0.5, 0.6) is 11.5 Å². The zero-order valence-corrected chi connectivity index (χ0v) is 20.8. The molecule has 3 heterocycles. The van der Waals surface area contributed by atoms with Crippen LogP contribution in [0.4, 0.5) is 11.6 Å². The second kappa shape index (κ2) is 9.28. The van der Waals surface area contributed by atoms with Gasteiger partial charge in [-0.3, -0.25) is 14.5 Å². The number of para-hydroxylation sites is 3. The Kier molecular flexibility index (Phi) is 5.79. The van der Waals surface area contributed by atoms with Crippen molar-refractivity contribution in [3.05, 3.63) is 78.4 Å². The molecule has 1 fully saturated rings. The molecule has 2 aliphatic heterocycles. The second-order valence-electron chi connectivity index (χ2n) is 9.34. The Bertz CT molecular complexity index is 1480. The van der Waals surface area contributed by atoms with Gasteiger partial charge in [0, 0.05) is 30.8 Å². The van der Waals surface area contributed by atoms with E-state index in [1.54, 1.807) is 24.0 Å². The molecule has 4 aromatic rings. The zero-order chi connectivity index (χ0) is 25.5. The topological polar surface area (TPSA) is 76.9 Å². The lowest BCUT2D eigenvalue weighted by molar-refractivity contribution is -0.127. The van der Waals surface area contributed by atoms with Crippen molar-refractivity contribution in [2.45, 2.75) is 25.4 Å². The van der Waals surface area contributed by atoms with E-state index in [4.69, 9.17) is 14.5 Å². The Morgan fingerprint density at radius 2 is 1.68 bits per heavy atom. The molecule has 188 valence electrons. The van der Waals surface area contributed by atoms with Gasteiger partial charge in [0.2, 0.25) is 17.8 Å². The van der Waals surface area contributed by atoms with Crippen LogP contribution < -0.4 is 19.3 Å². The fourth-order valence-corrected chi connectivity index (χ4v) is 5.66. The predicted molar refractivity (Wildman–Crippen MR) is 141 cm³/mol. The lowest BCUT2D eigenvalue weighted by Gasteiger charge is -2.42. The number of fused-ring (bicyclic) bond motifs is 3. The first-order valence-electron chi connectivity index (χ1n) is 12.5. The smallest absolute Gasteiger partial charge is 0.234 e. The van der Waals surface area contributed by atoms with Gasteiger partial charge in [-0.15, -0.1) is 0 Å². The minimum absolute atomic E-state index is 0.0289. The number of carbonyl (C=O) groups excluding carboxylic acids is 2. The summed E-state index contributed by atoms with van der Waals surface area (Å²) in [5, 5.41) is 0. The van der Waals surface area contributed by atoms with Gasteiger partial charge in [0.25, 0.3) is 0 Å². The maximum atomic E-state index is 14.3. The quantitative estimate of drug-likeness (QED) is 0.404. The molecule has 37 heavy (non-hydrogen) atoms. The van der Waals surface area contributed by atoms with E-state index >= 15 is 0 Å². The van der Waals surface area contributed by atoms with Gasteiger partial charge in [0.15, 0.2) is 0 Å². The molecule has 3 aromatic carbocycles. The highest BCUT2D eigenvalue weighted by Crippen LogP contribution is 2.44. The first-order chi connectivity index (χ1) is 18.1. The summed E-state index contributed by atoms with van der Waals surface area (Å²) in [6.07, 6.45) is 0.724. The summed E-state index contributed by atoms with van der Waals surface area (Å²) in [6.45, 7) is 1.24. The minimum Gasteiger partial charge on any atom is -0.497 e. The molecule has 2 atom stereocenters. The fourth-order valence-electron chi connectivity index (χ4n) is 5.66. The number of amides is 2. The number of piperidine rings is 1. The fraction of sp³-hybridized carbons (Fsp3) is 0.276. The number of anilines is 2. The molecule has 8 heteroatoms. The number of rotatable bonds is 5. The lowest BCUT2D eigenvalue weighted by Crippen LogP contribution is -2.49. The highest BCUT2D eigenvalue weighted by Gasteiger charge is 2.45. The van der Waals surface area contributed by atoms with E-state index < -0.39 is 12.0 Å². The van der Waals surface area contributed by atoms with Crippen LogP contribution in [-0.2, 0) is 16.1 Å². The van der Waals surface area contributed by atoms with Crippen molar-refractivity contribution in [1.29, 1.82) is 0 Å². The van der Waals surface area contributed by atoms with Crippen molar-refractivity contribution in [2.24, 2.45) is 5.92 Å². The summed E-state index contributed by atoms with van der Waals surface area (Å²) < 4.78 is 13.1. The van der Waals surface area contributed by atoms with Crippen LogP contribution >= 0.6 is 0 Å². The van der Waals surface area contributed by atoms with Gasteiger partial charge in [-0.1, -0.05) is 30.3 Å². The molecule has 1 aromatic heterocycles. The molecule has 0 N–H and O–H groups in total. The average molecular weight is 497 g/mol. The van der Waals surface area contributed by atoms with Gasteiger partial charge in [-0.25, -0.2) is 4.98 Å². The van der Waals surface area contributed by atoms with E-state index in [9.17, 15) is 9.59 Å². The van der Waals surface area contributed by atoms with Crippen LogP contribution in [0.25, 0.3) is 11.0 Å². The Morgan fingerprint density at radius 3 is 2.46 bits per heavy atom. The van der Waals surface area contributed by atoms with Crippen molar-refractivity contribution in [2.75, 3.05) is 30.6 Å². The van der Waals surface area contributed by atoms with Crippen molar-refractivity contribution in [1.82, 2.24) is 9.55 Å². The van der Waals surface area contributed by atoms with Crippen LogP contribution in [0.15, 0.2) is 72.8 Å². The monoisotopic (exact) mass is 496 g/mol. The molecular weight excluding hydrogens is 468 g/mol. The highest BCUT2D eigenvalue weighted by molar-refractivity contribution is 6.02. The molecule has 2 amide bonds. The van der Waals surface area contributed by atoms with Crippen molar-refractivity contribution < 1.29 is 19.1 Å². The van der Waals surface area contributed by atoms with Gasteiger partial charge in [0.1, 0.15) is 11.5 Å². The molecular formula is C29H28N4O4. The van der Waals surface area contributed by atoms with Crippen LogP contribution in [0.2, 0.25) is 0 Å². The molecule has 1 saturated heterocycles. The molecule has 2 unspecified atom stereocenters. The summed E-state index contributed by atoms with van der Waals surface area (Å²) >= 11 is 0. The third-order valence-corrected chi connectivity index (χ3v) is 7.41. The molecule has 8 nitrogen and oxygen atoms in total. The van der Waals surface area contributed by atoms with E-state index in [0.717, 1.165) is 16.6 Å². The second-order valence-corrected chi connectivity index (χ2v) is 9.34. The van der Waals surface area contributed by atoms with E-state index in [1.807, 2.05) is 72.8 Å². The number of benzene rings is 3. The number of aromatic nitrogens is 2. The van der Waals surface area contributed by atoms with Gasteiger partial charge in [-0.05, 0) is 48.9 Å². The Labute approximate surface area is 215 Å². The van der Waals surface area contributed by atoms with E-state index in [1.165, 1.54) is 0 Å². The summed E-state index contributed by atoms with van der Waals surface area (Å²) in [5.41, 5.74) is 3.41. The van der Waals surface area contributed by atoms with Crippen LogP contribution in [0, 0.1) is 5.92 Å². The van der Waals surface area contributed by atoms with Crippen molar-refractivity contribution in [3.8, 4) is 11.5 Å². The number of imidazole rings is 1. The molecule has 0 aliphatic carbocycles. The molecule has 0 bridgehead atoms. The first kappa shape index (κ1) is 23.1. The summed E-state index contributed by atoms with van der Waals surface area (Å²) in [5.74, 6) is 1.48. The van der Waals surface area contributed by atoms with Crippen molar-refractivity contribution in [3.63, 3.8) is 0 Å². The average Bonchev–Trinajstić information content (AvgIpc) is 3.52. The van der Waals surface area contributed by atoms with Gasteiger partial charge >= 0.3 is 0 Å². The number of nitrogens with zero attached hydrogens (tertiary/aromatic N) is 4. The standard InChI is InChI=1S/C29H28N4O4/c1-36-20-13-11-19(12-14-20)33-26(34)16-15-22(27(33)21-7-3-6-10-25(21)37-2)28(35)32-18-17-31-24-9-5-4-8-23(24)30-29(31)32/h3-14,22,27H,15-18H2,1-2H3. The summed E-state index contributed by atoms with van der Waals surface area (Å²) in [7, 11) is 3.22. The third kappa shape index (κ3) is 3.80. The van der Waals surface area contributed by atoms with Gasteiger partial charge < -0.3 is 18.9 Å². The van der Waals surface area contributed by atoms with E-state index in [-0.39, 0.29) is 18.2 Å². The zero-order valence-electron chi connectivity index (χ0n) is 20.8. The number of hydrogen-bond donors (Lipinski definition) is 0. The number of hydrogen-bond acceptors (Lipinski definition) is 5. The maximum absolute atomic E-state index is 14.3. The number of methoxy groups -OCH3 is 2. The molecule has 0 radical (unpaired) electrons. The van der Waals surface area contributed by atoms with Gasteiger partial charge in [0.05, 0.1) is 37.2 Å². The lowest BCUT2D eigenvalue weighted by atomic mass is 9.82. The Morgan fingerprint density at radius 1 is 0.919 bits per heavy atom. The molecule has 2 aliphatic rings. The minimum atomic E-state index is -0.531. The maximum Gasteiger partial charge on any atom is 0.234 e. The summed E-state index contributed by atoms with van der Waals surface area (Å²) in [6, 6.07) is 22.4.